The van der Waals surface area contributed by atoms with Gasteiger partial charge in [0.05, 0.1) is 11.8 Å². The van der Waals surface area contributed by atoms with Gasteiger partial charge in [-0.25, -0.2) is 0 Å². The van der Waals surface area contributed by atoms with Crippen LogP contribution >= 0.6 is 11.3 Å². The lowest BCUT2D eigenvalue weighted by Crippen LogP contribution is -2.28. The predicted octanol–water partition coefficient (Wildman–Crippen LogP) is 3.41. The van der Waals surface area contributed by atoms with E-state index in [0.717, 1.165) is 12.0 Å². The van der Waals surface area contributed by atoms with Crippen LogP contribution in [0.1, 0.15) is 28.7 Å². The van der Waals surface area contributed by atoms with Gasteiger partial charge in [-0.3, -0.25) is 9.89 Å². The van der Waals surface area contributed by atoms with Crippen molar-refractivity contribution >= 4 is 17.2 Å². The molecule has 0 aromatic carbocycles. The van der Waals surface area contributed by atoms with Crippen LogP contribution in [0.2, 0.25) is 0 Å². The Morgan fingerprint density at radius 2 is 2.33 bits per heavy atom. The predicted molar refractivity (Wildman–Crippen MR) is 97.2 cm³/mol. The van der Waals surface area contributed by atoms with Crippen LogP contribution in [-0.2, 0) is 0 Å². The Kier molecular flexibility index (Phi) is 3.86. The van der Waals surface area contributed by atoms with Crippen molar-refractivity contribution in [2.24, 2.45) is 0 Å². The van der Waals surface area contributed by atoms with Crippen LogP contribution in [0, 0.1) is 0 Å². The summed E-state index contributed by atoms with van der Waals surface area (Å²) in [6.45, 7) is 1.18. The molecule has 1 atom stereocenters. The molecule has 0 unspecified atom stereocenters. The van der Waals surface area contributed by atoms with Crippen molar-refractivity contribution in [1.82, 2.24) is 25.2 Å². The molecule has 1 amide bonds. The molecular weight excluding hydrogens is 366 g/mol. The van der Waals surface area contributed by atoms with Gasteiger partial charge in [-0.05, 0) is 30.0 Å². The smallest absolute Gasteiger partial charge is 0.274 e. The fourth-order valence-electron chi connectivity index (χ4n) is 3.21. The number of thiophene rings is 1. The normalized spacial score (nSPS) is 16.9. The number of hydrogen-bond acceptors (Lipinski definition) is 7. The Morgan fingerprint density at radius 1 is 1.37 bits per heavy atom. The average molecular weight is 381 g/mol. The summed E-state index contributed by atoms with van der Waals surface area (Å²) >= 11 is 1.58. The van der Waals surface area contributed by atoms with E-state index >= 15 is 0 Å². The van der Waals surface area contributed by atoms with Crippen LogP contribution in [0.5, 0.6) is 0 Å². The van der Waals surface area contributed by atoms with Crippen LogP contribution in [0.25, 0.3) is 22.9 Å². The van der Waals surface area contributed by atoms with Gasteiger partial charge in [0, 0.05) is 30.5 Å². The van der Waals surface area contributed by atoms with E-state index in [1.165, 1.54) is 0 Å². The number of H-pyrrole nitrogens is 1. The lowest BCUT2D eigenvalue weighted by molar-refractivity contribution is 0.0784. The van der Waals surface area contributed by atoms with Crippen LogP contribution in [0.3, 0.4) is 0 Å². The van der Waals surface area contributed by atoms with Crippen molar-refractivity contribution in [2.45, 2.75) is 12.3 Å². The number of nitrogens with one attached hydrogen (secondary N) is 1. The van der Waals surface area contributed by atoms with Gasteiger partial charge < -0.3 is 13.8 Å². The molecule has 1 aliphatic rings. The van der Waals surface area contributed by atoms with Crippen molar-refractivity contribution in [3.63, 3.8) is 0 Å². The van der Waals surface area contributed by atoms with Gasteiger partial charge in [0.2, 0.25) is 0 Å². The molecular formula is C18H15N5O3S. The molecule has 0 spiro atoms. The van der Waals surface area contributed by atoms with Crippen LogP contribution in [0.15, 0.2) is 50.2 Å². The summed E-state index contributed by atoms with van der Waals surface area (Å²) in [5.41, 5.74) is 1.97. The van der Waals surface area contributed by atoms with Crippen LogP contribution < -0.4 is 0 Å². The van der Waals surface area contributed by atoms with Crippen molar-refractivity contribution in [2.75, 3.05) is 13.1 Å². The van der Waals surface area contributed by atoms with Crippen molar-refractivity contribution in [3.8, 4) is 22.9 Å². The molecule has 1 saturated heterocycles. The molecule has 136 valence electrons. The number of carbonyl (C=O) groups is 1. The fourth-order valence-corrected chi connectivity index (χ4v) is 3.84. The largest absolute Gasteiger partial charge is 0.463 e. The number of likely N-dealkylation sites (tertiary alicyclic amines) is 1. The summed E-state index contributed by atoms with van der Waals surface area (Å²) in [6.07, 6.45) is 2.38. The van der Waals surface area contributed by atoms with Gasteiger partial charge in [0.1, 0.15) is 5.69 Å². The topological polar surface area (TPSA) is 101 Å². The molecule has 0 aliphatic carbocycles. The van der Waals surface area contributed by atoms with Crippen molar-refractivity contribution in [3.05, 3.63) is 52.8 Å². The van der Waals surface area contributed by atoms with Gasteiger partial charge in [0.15, 0.2) is 17.3 Å². The number of rotatable bonds is 4. The van der Waals surface area contributed by atoms with Crippen LogP contribution in [0.4, 0.5) is 0 Å². The third kappa shape index (κ3) is 2.95. The minimum atomic E-state index is -0.117. The molecule has 1 N–H and O–H groups in total. The highest BCUT2D eigenvalue weighted by molar-refractivity contribution is 7.08. The maximum absolute atomic E-state index is 12.7. The van der Waals surface area contributed by atoms with Gasteiger partial charge in [-0.2, -0.15) is 21.4 Å². The summed E-state index contributed by atoms with van der Waals surface area (Å²) in [5.74, 6) is 1.76. The first-order chi connectivity index (χ1) is 13.3. The Morgan fingerprint density at radius 3 is 3.15 bits per heavy atom. The van der Waals surface area contributed by atoms with Gasteiger partial charge in [-0.15, -0.1) is 0 Å². The second kappa shape index (κ2) is 6.51. The first kappa shape index (κ1) is 16.0. The molecule has 4 aromatic rings. The number of amides is 1. The molecule has 4 aromatic heterocycles. The van der Waals surface area contributed by atoms with E-state index in [2.05, 4.69) is 20.3 Å². The Labute approximate surface area is 157 Å². The number of aromatic amines is 1. The number of nitrogens with zero attached hydrogens (tertiary/aromatic N) is 4. The number of carbonyl (C=O) groups excluding carboxylic acids is 1. The van der Waals surface area contributed by atoms with E-state index in [1.54, 1.807) is 34.6 Å². The summed E-state index contributed by atoms with van der Waals surface area (Å²) in [7, 11) is 0. The zero-order valence-corrected chi connectivity index (χ0v) is 15.0. The molecule has 9 heteroatoms. The minimum Gasteiger partial charge on any atom is -0.463 e. The summed E-state index contributed by atoms with van der Waals surface area (Å²) in [4.78, 5) is 19.0. The molecule has 5 heterocycles. The first-order valence-corrected chi connectivity index (χ1v) is 9.47. The Hall–Kier alpha value is -3.20. The highest BCUT2D eigenvalue weighted by atomic mass is 32.1. The summed E-state index contributed by atoms with van der Waals surface area (Å²) in [6, 6.07) is 7.26. The quantitative estimate of drug-likeness (QED) is 0.581. The summed E-state index contributed by atoms with van der Waals surface area (Å²) in [5, 5.41) is 15.0. The van der Waals surface area contributed by atoms with E-state index in [-0.39, 0.29) is 11.8 Å². The number of furan rings is 1. The third-order valence-electron chi connectivity index (χ3n) is 4.63. The SMILES string of the molecule is O=C(c1cc(-c2ccco2)[nH]n1)N1CC[C@@H](c2noc(-c3ccsc3)n2)C1. The van der Waals surface area contributed by atoms with Crippen LogP contribution in [-0.4, -0.2) is 44.2 Å². The highest BCUT2D eigenvalue weighted by Crippen LogP contribution is 2.29. The Bertz CT molecular complexity index is 1050. The van der Waals surface area contributed by atoms with E-state index in [0.29, 0.717) is 42.0 Å². The standard InChI is InChI=1S/C18H15N5O3S/c24-18(14-8-13(20-21-14)15-2-1-6-25-15)23-5-3-11(9-23)16-19-17(26-22-16)12-4-7-27-10-12/h1-2,4,6-8,10-11H,3,5,9H2,(H,20,21)/t11-/m1/s1. The zero-order chi connectivity index (χ0) is 18.2. The minimum absolute atomic E-state index is 0.0635. The number of aromatic nitrogens is 4. The molecule has 8 nitrogen and oxygen atoms in total. The molecule has 0 radical (unpaired) electrons. The molecule has 27 heavy (non-hydrogen) atoms. The molecule has 1 fully saturated rings. The first-order valence-electron chi connectivity index (χ1n) is 8.52. The monoisotopic (exact) mass is 381 g/mol. The van der Waals surface area contributed by atoms with E-state index in [9.17, 15) is 4.79 Å². The highest BCUT2D eigenvalue weighted by Gasteiger charge is 2.32. The second-order valence-electron chi connectivity index (χ2n) is 6.35. The van der Waals surface area contributed by atoms with Gasteiger partial charge in [0.25, 0.3) is 11.8 Å². The molecule has 1 aliphatic heterocycles. The second-order valence-corrected chi connectivity index (χ2v) is 7.13. The zero-order valence-electron chi connectivity index (χ0n) is 14.2. The van der Waals surface area contributed by atoms with Gasteiger partial charge in [-0.1, -0.05) is 5.16 Å². The molecule has 0 saturated carbocycles. The van der Waals surface area contributed by atoms with Crippen molar-refractivity contribution < 1.29 is 13.7 Å². The van der Waals surface area contributed by atoms with E-state index in [4.69, 9.17) is 8.94 Å². The average Bonchev–Trinajstić information content (AvgIpc) is 3.50. The van der Waals surface area contributed by atoms with Gasteiger partial charge >= 0.3 is 0 Å². The summed E-state index contributed by atoms with van der Waals surface area (Å²) < 4.78 is 10.7. The maximum atomic E-state index is 12.7. The molecule has 5 rings (SSSR count). The lowest BCUT2D eigenvalue weighted by Gasteiger charge is -2.13. The third-order valence-corrected chi connectivity index (χ3v) is 5.32. The lowest BCUT2D eigenvalue weighted by atomic mass is 10.1. The van der Waals surface area contributed by atoms with Crippen molar-refractivity contribution in [1.29, 1.82) is 0 Å². The fraction of sp³-hybridized carbons (Fsp3) is 0.222. The van der Waals surface area contributed by atoms with E-state index < -0.39 is 0 Å². The molecule has 0 bridgehead atoms. The maximum Gasteiger partial charge on any atom is 0.274 e. The number of hydrogen-bond donors (Lipinski definition) is 1. The van der Waals surface area contributed by atoms with E-state index in [1.807, 2.05) is 22.9 Å². The Balaban J connectivity index is 1.29.